The summed E-state index contributed by atoms with van der Waals surface area (Å²) >= 11 is 4.33. The Morgan fingerprint density at radius 2 is 2.12 bits per heavy atom. The van der Waals surface area contributed by atoms with Crippen molar-refractivity contribution in [1.29, 1.82) is 0 Å². The summed E-state index contributed by atoms with van der Waals surface area (Å²) in [5.41, 5.74) is 0.589. The third kappa shape index (κ3) is 2.78. The van der Waals surface area contributed by atoms with E-state index < -0.39 is 11.9 Å². The fraction of sp³-hybridized carbons (Fsp3) is 0.100. The van der Waals surface area contributed by atoms with Crippen molar-refractivity contribution in [3.8, 4) is 0 Å². The van der Waals surface area contributed by atoms with Crippen LogP contribution in [0.15, 0.2) is 28.4 Å². The molecule has 0 amide bonds. The summed E-state index contributed by atoms with van der Waals surface area (Å²) in [5, 5.41) is 8.93. The number of benzene rings is 1. The van der Waals surface area contributed by atoms with Crippen molar-refractivity contribution in [1.82, 2.24) is 4.98 Å². The van der Waals surface area contributed by atoms with Crippen molar-refractivity contribution in [3.05, 3.63) is 33.4 Å². The van der Waals surface area contributed by atoms with Gasteiger partial charge in [0.15, 0.2) is 0 Å². The Kier molecular flexibility index (Phi) is 3.13. The lowest BCUT2D eigenvalue weighted by Crippen LogP contribution is -2.10. The summed E-state index contributed by atoms with van der Waals surface area (Å²) in [7, 11) is 0. The zero-order valence-corrected chi connectivity index (χ0v) is 10.5. The van der Waals surface area contributed by atoms with Gasteiger partial charge >= 0.3 is 6.18 Å². The molecule has 0 saturated heterocycles. The lowest BCUT2D eigenvalue weighted by molar-refractivity contribution is -0.119. The van der Waals surface area contributed by atoms with Gasteiger partial charge in [0.1, 0.15) is 5.01 Å². The second-order valence-corrected chi connectivity index (χ2v) is 5.17. The smallest absolute Gasteiger partial charge is 0.448 e. The number of aromatic nitrogens is 1. The molecule has 17 heavy (non-hydrogen) atoms. The molecule has 0 bridgehead atoms. The maximum absolute atomic E-state index is 12.1. The van der Waals surface area contributed by atoms with Gasteiger partial charge in [0.05, 0.1) is 10.2 Å². The van der Waals surface area contributed by atoms with Gasteiger partial charge in [-0.05, 0) is 18.2 Å². The van der Waals surface area contributed by atoms with Gasteiger partial charge in [-0.25, -0.2) is 4.98 Å². The van der Waals surface area contributed by atoms with Crippen molar-refractivity contribution < 1.29 is 18.3 Å². The molecule has 0 aliphatic rings. The van der Waals surface area contributed by atoms with Gasteiger partial charge in [-0.15, -0.1) is 11.3 Å². The monoisotopic (exact) mass is 323 g/mol. The number of hydrogen-bond donors (Lipinski definition) is 1. The Labute approximate surface area is 107 Å². The molecule has 1 aromatic carbocycles. The highest BCUT2D eigenvalue weighted by Crippen LogP contribution is 2.29. The third-order valence-electron chi connectivity index (χ3n) is 1.92. The Morgan fingerprint density at radius 1 is 1.41 bits per heavy atom. The maximum Gasteiger partial charge on any atom is 0.448 e. The number of aliphatic hydroxyl groups excluding tert-OH is 1. The van der Waals surface area contributed by atoms with Crippen LogP contribution in [0.3, 0.4) is 0 Å². The first-order chi connectivity index (χ1) is 7.86. The van der Waals surface area contributed by atoms with E-state index in [0.717, 1.165) is 20.5 Å². The van der Waals surface area contributed by atoms with E-state index in [1.54, 1.807) is 18.2 Å². The molecule has 7 heteroatoms. The first-order valence-electron chi connectivity index (χ1n) is 4.40. The second kappa shape index (κ2) is 4.30. The molecular weight excluding hydrogens is 319 g/mol. The standard InChI is InChI=1S/C10H5BrF3NOS/c11-5-1-2-7-6(3-5)15-9(17-7)4-8(16)10(12,13)14/h1-4,16H. The average Bonchev–Trinajstić information content (AvgIpc) is 2.57. The van der Waals surface area contributed by atoms with Gasteiger partial charge in [-0.1, -0.05) is 15.9 Å². The fourth-order valence-electron chi connectivity index (χ4n) is 1.18. The number of fused-ring (bicyclic) bond motifs is 1. The Morgan fingerprint density at radius 3 is 2.76 bits per heavy atom. The normalized spacial score (nSPS) is 13.3. The zero-order valence-electron chi connectivity index (χ0n) is 8.12. The number of alkyl halides is 3. The quantitative estimate of drug-likeness (QED) is 0.783. The lowest BCUT2D eigenvalue weighted by Gasteiger charge is -2.02. The number of allylic oxidation sites excluding steroid dienone is 1. The molecule has 0 aliphatic heterocycles. The molecule has 1 heterocycles. The summed E-state index contributed by atoms with van der Waals surface area (Å²) in [6.07, 6.45) is -4.11. The number of halogens is 4. The minimum atomic E-state index is -4.74. The van der Waals surface area contributed by atoms with Crippen LogP contribution in [-0.4, -0.2) is 16.3 Å². The van der Waals surface area contributed by atoms with Crippen LogP contribution in [0.25, 0.3) is 16.3 Å². The predicted molar refractivity (Wildman–Crippen MR) is 64.0 cm³/mol. The molecule has 2 nitrogen and oxygen atoms in total. The van der Waals surface area contributed by atoms with Crippen molar-refractivity contribution >= 4 is 43.6 Å². The highest BCUT2D eigenvalue weighted by Gasteiger charge is 2.33. The summed E-state index contributed by atoms with van der Waals surface area (Å²) in [6, 6.07) is 5.23. The lowest BCUT2D eigenvalue weighted by atomic mass is 10.3. The van der Waals surface area contributed by atoms with Gasteiger partial charge < -0.3 is 5.11 Å². The van der Waals surface area contributed by atoms with Gasteiger partial charge in [0, 0.05) is 10.5 Å². The molecule has 90 valence electrons. The highest BCUT2D eigenvalue weighted by molar-refractivity contribution is 9.10. The van der Waals surface area contributed by atoms with E-state index in [1.165, 1.54) is 0 Å². The van der Waals surface area contributed by atoms with Crippen LogP contribution in [0, 0.1) is 0 Å². The number of thiazole rings is 1. The van der Waals surface area contributed by atoms with Crippen LogP contribution >= 0.6 is 27.3 Å². The minimum absolute atomic E-state index is 0.118. The molecule has 0 saturated carbocycles. The molecule has 2 rings (SSSR count). The van der Waals surface area contributed by atoms with Crippen molar-refractivity contribution in [2.45, 2.75) is 6.18 Å². The third-order valence-corrected chi connectivity index (χ3v) is 3.39. The summed E-state index contributed by atoms with van der Waals surface area (Å²) in [4.78, 5) is 3.98. The minimum Gasteiger partial charge on any atom is -0.504 e. The first kappa shape index (κ1) is 12.4. The number of rotatable bonds is 1. The van der Waals surface area contributed by atoms with Crippen LogP contribution in [-0.2, 0) is 0 Å². The number of nitrogens with zero attached hydrogens (tertiary/aromatic N) is 1. The van der Waals surface area contributed by atoms with Crippen LogP contribution in [0.2, 0.25) is 0 Å². The molecule has 2 aromatic rings. The molecule has 1 aromatic heterocycles. The molecular formula is C10H5BrF3NOS. The summed E-state index contributed by atoms with van der Waals surface area (Å²) < 4.78 is 37.9. The SMILES string of the molecule is OC(=Cc1nc2cc(Br)ccc2s1)C(F)(F)F. The highest BCUT2D eigenvalue weighted by atomic mass is 79.9. The number of aliphatic hydroxyl groups is 1. The second-order valence-electron chi connectivity index (χ2n) is 3.19. The van der Waals surface area contributed by atoms with Crippen LogP contribution in [0.4, 0.5) is 13.2 Å². The first-order valence-corrected chi connectivity index (χ1v) is 6.01. The van der Waals surface area contributed by atoms with Gasteiger partial charge in [0.25, 0.3) is 0 Å². The van der Waals surface area contributed by atoms with E-state index in [-0.39, 0.29) is 5.01 Å². The Hall–Kier alpha value is -1.08. The van der Waals surface area contributed by atoms with Crippen LogP contribution in [0.5, 0.6) is 0 Å². The van der Waals surface area contributed by atoms with E-state index in [9.17, 15) is 13.2 Å². The van der Waals surface area contributed by atoms with Crippen LogP contribution in [0.1, 0.15) is 5.01 Å². The largest absolute Gasteiger partial charge is 0.504 e. The molecule has 0 atom stereocenters. The fourth-order valence-corrected chi connectivity index (χ4v) is 2.41. The topological polar surface area (TPSA) is 33.1 Å². The summed E-state index contributed by atoms with van der Waals surface area (Å²) in [6.45, 7) is 0. The van der Waals surface area contributed by atoms with E-state index in [4.69, 9.17) is 5.11 Å². The van der Waals surface area contributed by atoms with E-state index in [2.05, 4.69) is 20.9 Å². The Balaban J connectivity index is 2.44. The average molecular weight is 324 g/mol. The molecule has 0 fully saturated rings. The molecule has 0 radical (unpaired) electrons. The summed E-state index contributed by atoms with van der Waals surface area (Å²) in [5.74, 6) is -1.64. The van der Waals surface area contributed by atoms with Crippen molar-refractivity contribution in [2.24, 2.45) is 0 Å². The van der Waals surface area contributed by atoms with E-state index in [0.29, 0.717) is 11.6 Å². The van der Waals surface area contributed by atoms with Gasteiger partial charge in [0.2, 0.25) is 5.76 Å². The van der Waals surface area contributed by atoms with Crippen molar-refractivity contribution in [2.75, 3.05) is 0 Å². The molecule has 0 aliphatic carbocycles. The Bertz CT molecular complexity index is 591. The van der Waals surface area contributed by atoms with Crippen molar-refractivity contribution in [3.63, 3.8) is 0 Å². The maximum atomic E-state index is 12.1. The molecule has 0 spiro atoms. The number of hydrogen-bond acceptors (Lipinski definition) is 3. The van der Waals surface area contributed by atoms with Gasteiger partial charge in [-0.2, -0.15) is 13.2 Å². The zero-order chi connectivity index (χ0) is 12.6. The van der Waals surface area contributed by atoms with Gasteiger partial charge in [-0.3, -0.25) is 0 Å². The van der Waals surface area contributed by atoms with E-state index >= 15 is 0 Å². The van der Waals surface area contributed by atoms with Crippen LogP contribution < -0.4 is 0 Å². The predicted octanol–water partition coefficient (Wildman–Crippen LogP) is 4.52. The molecule has 0 unspecified atom stereocenters. The molecule has 1 N–H and O–H groups in total. The van der Waals surface area contributed by atoms with E-state index in [1.807, 2.05) is 0 Å².